The van der Waals surface area contributed by atoms with Crippen LogP contribution in [0.5, 0.6) is 0 Å². The van der Waals surface area contributed by atoms with Crippen LogP contribution in [0.4, 0.5) is 0 Å². The van der Waals surface area contributed by atoms with Crippen molar-refractivity contribution < 1.29 is 76.7 Å². The number of para-hydroxylation sites is 1. The van der Waals surface area contributed by atoms with Gasteiger partial charge in [-0.2, -0.15) is 0 Å². The Morgan fingerprint density at radius 3 is 1.06 bits per heavy atom. The van der Waals surface area contributed by atoms with Gasteiger partial charge in [-0.25, -0.2) is 0 Å². The van der Waals surface area contributed by atoms with Gasteiger partial charge in [-0.15, -0.1) is 0 Å². The molecule has 714 valence electrons. The lowest BCUT2D eigenvalue weighted by Crippen LogP contribution is -2.62. The van der Waals surface area contributed by atoms with Gasteiger partial charge in [0.1, 0.15) is 78.5 Å². The molecule has 1 aromatic heterocycles. The van der Waals surface area contributed by atoms with Gasteiger partial charge >= 0.3 is 0 Å². The zero-order chi connectivity index (χ0) is 95.0. The van der Waals surface area contributed by atoms with Crippen molar-refractivity contribution in [2.45, 2.75) is 323 Å². The number of aromatic nitrogens is 1. The largest absolute Gasteiger partial charge is 0.370 e. The van der Waals surface area contributed by atoms with Crippen LogP contribution in [0.15, 0.2) is 30.5 Å². The number of carbonyl (C=O) groups excluding carboxylic acids is 16. The maximum atomic E-state index is 14.8. The van der Waals surface area contributed by atoms with Crippen LogP contribution in [-0.2, 0) is 83.1 Å². The summed E-state index contributed by atoms with van der Waals surface area (Å²) >= 11 is 0. The van der Waals surface area contributed by atoms with E-state index in [2.05, 4.69) is 79.4 Å². The molecule has 16 amide bonds. The number of nitrogens with one attached hydrogen (secondary N) is 15. The molecule has 0 aliphatic rings. The first kappa shape index (κ1) is 112. The normalized spacial score (nSPS) is 15.1. The van der Waals surface area contributed by atoms with Crippen molar-refractivity contribution in [3.8, 4) is 0 Å². The summed E-state index contributed by atoms with van der Waals surface area (Å²) in [6.45, 7) is 25.1. The van der Waals surface area contributed by atoms with Crippen LogP contribution in [0.3, 0.4) is 0 Å². The van der Waals surface area contributed by atoms with Gasteiger partial charge in [0.15, 0.2) is 0 Å². The zero-order valence-electron chi connectivity index (χ0n) is 77.0. The van der Waals surface area contributed by atoms with Gasteiger partial charge in [-0.05, 0) is 201 Å². The Bertz CT molecular complexity index is 3780. The molecule has 0 aliphatic heterocycles. The maximum absolute atomic E-state index is 14.8. The maximum Gasteiger partial charge on any atom is 0.243 e. The minimum absolute atomic E-state index is 0.00714. The van der Waals surface area contributed by atoms with Crippen molar-refractivity contribution in [1.82, 2.24) is 79.4 Å². The Labute approximate surface area is 743 Å². The third-order valence-corrected chi connectivity index (χ3v) is 21.5. The van der Waals surface area contributed by atoms with Gasteiger partial charge in [0.25, 0.3) is 0 Å². The third-order valence-electron chi connectivity index (χ3n) is 21.5. The molecule has 1 heterocycles. The molecule has 126 heavy (non-hydrogen) atoms. The zero-order valence-corrected chi connectivity index (χ0v) is 77.0. The Balaban J connectivity index is 2.47. The van der Waals surface area contributed by atoms with Crippen LogP contribution in [0.25, 0.3) is 10.9 Å². The van der Waals surface area contributed by atoms with E-state index in [0.717, 1.165) is 10.9 Å². The lowest BCUT2D eigenvalue weighted by atomic mass is 9.95. The lowest BCUT2D eigenvalue weighted by Gasteiger charge is -2.30. The average Bonchev–Trinajstić information content (AvgIpc) is 1.77. The first-order chi connectivity index (χ1) is 59.5. The quantitative estimate of drug-likeness (QED) is 0.0353. The van der Waals surface area contributed by atoms with E-state index in [-0.39, 0.29) is 108 Å². The number of fused-ring (bicyclic) bond motifs is 1. The molecule has 0 radical (unpaired) electrons. The lowest BCUT2D eigenvalue weighted by molar-refractivity contribution is -0.137. The van der Waals surface area contributed by atoms with E-state index in [9.17, 15) is 76.7 Å². The molecule has 39 heteroatoms. The summed E-state index contributed by atoms with van der Waals surface area (Å²) in [4.78, 5) is 229. The number of carbonyl (C=O) groups is 16. The number of hydrogen-bond acceptors (Lipinski definition) is 22. The summed E-state index contributed by atoms with van der Waals surface area (Å²) in [5.74, 6) is -15.5. The molecule has 0 aliphatic carbocycles. The fourth-order valence-electron chi connectivity index (χ4n) is 14.1. The van der Waals surface area contributed by atoms with Gasteiger partial charge < -0.3 is 125 Å². The molecule has 0 spiro atoms. The Hall–Kier alpha value is -9.96. The third kappa shape index (κ3) is 42.1. The summed E-state index contributed by atoms with van der Waals surface area (Å²) in [6.07, 6.45) is 6.39. The first-order valence-corrected chi connectivity index (χ1v) is 45.1. The van der Waals surface area contributed by atoms with E-state index in [1.165, 1.54) is 0 Å². The molecule has 0 fully saturated rings. The topological polar surface area (TPSA) is 665 Å². The fraction of sp³-hybridized carbons (Fsp3) is 0.724. The molecule has 1 aromatic carbocycles. The van der Waals surface area contributed by atoms with E-state index in [1.54, 1.807) is 75.4 Å². The van der Waals surface area contributed by atoms with Crippen molar-refractivity contribution in [2.75, 3.05) is 39.3 Å². The Morgan fingerprint density at radius 1 is 0.341 bits per heavy atom. The van der Waals surface area contributed by atoms with Crippen LogP contribution in [0, 0.1) is 41.4 Å². The van der Waals surface area contributed by atoms with Gasteiger partial charge in [0, 0.05) is 23.5 Å². The molecule has 0 unspecified atom stereocenters. The SMILES string of the molecule is CC[C@H](C)[C@H](NC(=O)[C@H](CCCCN)NC(=O)[C@H](CCCCN)NC(=O)CNC(=O)[C@H](CC(C)C)NC(=O)[C@H](CCCCN)NC(=O)[C@H](Cc1c[nH]c2ccccc12)NC(=O)[C@@H](N)CCCCN)C(=O)N[C@@H](CC(C)C)C(=O)N[C@@H](CC(N)=O)C(=O)N[C@H](C(=O)N[C@@H](CC(C)C)C(=O)N[C@@H](CCCCN)C(=O)N[C@H](C(=O)N[C@@H](CC(C)C)C(N)=O)C(C)C)C(C)C. The summed E-state index contributed by atoms with van der Waals surface area (Å²) in [5, 5.41) is 38.7. The molecule has 0 saturated carbocycles. The molecule has 0 bridgehead atoms. The molecule has 39 nitrogen and oxygen atoms in total. The smallest absolute Gasteiger partial charge is 0.243 e. The fourth-order valence-corrected chi connectivity index (χ4v) is 14.1. The number of hydrogen-bond donors (Lipinski definition) is 23. The summed E-state index contributed by atoms with van der Waals surface area (Å²) in [5.41, 5.74) is 48.2. The number of amides is 16. The van der Waals surface area contributed by atoms with Crippen LogP contribution in [0.1, 0.15) is 237 Å². The molecule has 2 aromatic rings. The first-order valence-electron chi connectivity index (χ1n) is 45.1. The molecule has 15 atom stereocenters. The molecule has 0 saturated heterocycles. The number of unbranched alkanes of at least 4 members (excludes halogenated alkanes) is 5. The minimum Gasteiger partial charge on any atom is -0.370 e. The van der Waals surface area contributed by atoms with E-state index in [4.69, 9.17) is 45.9 Å². The van der Waals surface area contributed by atoms with Gasteiger partial charge in [0.2, 0.25) is 94.5 Å². The average molecular weight is 1780 g/mol. The van der Waals surface area contributed by atoms with Crippen LogP contribution in [0.2, 0.25) is 0 Å². The minimum atomic E-state index is -1.76. The highest BCUT2D eigenvalue weighted by molar-refractivity contribution is 6.01. The number of aromatic amines is 1. The second-order valence-electron chi connectivity index (χ2n) is 35.4. The van der Waals surface area contributed by atoms with Gasteiger partial charge in [-0.1, -0.05) is 128 Å². The van der Waals surface area contributed by atoms with E-state index >= 15 is 0 Å². The number of rotatable bonds is 65. The Kier molecular flexibility index (Phi) is 53.3. The summed E-state index contributed by atoms with van der Waals surface area (Å²) < 4.78 is 0. The van der Waals surface area contributed by atoms with Gasteiger partial charge in [0.05, 0.1) is 19.0 Å². The second kappa shape index (κ2) is 59.9. The molecular weight excluding hydrogens is 1620 g/mol. The summed E-state index contributed by atoms with van der Waals surface area (Å²) in [6, 6.07) is -10.7. The highest BCUT2D eigenvalue weighted by atomic mass is 16.2. The van der Waals surface area contributed by atoms with Crippen LogP contribution < -0.4 is 120 Å². The van der Waals surface area contributed by atoms with Crippen molar-refractivity contribution in [1.29, 1.82) is 0 Å². The molecule has 31 N–H and O–H groups in total. The highest BCUT2D eigenvalue weighted by Crippen LogP contribution is 2.22. The monoisotopic (exact) mass is 1780 g/mol. The highest BCUT2D eigenvalue weighted by Gasteiger charge is 2.40. The predicted octanol–water partition coefficient (Wildman–Crippen LogP) is -0.995. The van der Waals surface area contributed by atoms with Crippen LogP contribution in [-0.4, -0.2) is 223 Å². The Morgan fingerprint density at radius 2 is 0.659 bits per heavy atom. The molecule has 2 rings (SSSR count). The number of primary amides is 2. The van der Waals surface area contributed by atoms with E-state index in [0.29, 0.717) is 89.2 Å². The number of benzene rings is 1. The van der Waals surface area contributed by atoms with Crippen molar-refractivity contribution >= 4 is 105 Å². The number of nitrogens with two attached hydrogens (primary N) is 8. The van der Waals surface area contributed by atoms with Crippen molar-refractivity contribution in [3.05, 3.63) is 36.0 Å². The van der Waals surface area contributed by atoms with E-state index < -0.39 is 210 Å². The second-order valence-corrected chi connectivity index (χ2v) is 35.4. The number of H-pyrrole nitrogens is 1. The van der Waals surface area contributed by atoms with Crippen LogP contribution >= 0.6 is 0 Å². The van der Waals surface area contributed by atoms with Gasteiger partial charge in [-0.3, -0.25) is 76.7 Å². The predicted molar refractivity (Wildman–Crippen MR) is 483 cm³/mol. The molecular formula is C87H155N23O16. The standard InChI is InChI=1S/C87H155N23O16/c1-15-54(14)73(87(126)107-66(43-51(8)9)82(121)105-68(45-69(94)111)84(123)109-72(53(12)13)86(125)106-65(42-50(6)7)81(120)101-61(33-21-26-38-91)79(118)108-71(52(10)11)85(124)102-63(74(95)113)40-48(2)3)110-80(119)62(34-22-27-39-92)99-77(116)59(31-19-24-36-89)98-70(112)47-97-76(115)64(41-49(4)5)104-78(117)60(32-20-25-37-90)100-83(122)67(103-75(114)57(93)29-18-23-35-88)44-55-46-96-58-30-17-16-28-56(55)58/h16-17,28,30,46,48-54,57,59-68,71-73,96H,15,18-27,29,31-45,47,88-93H2,1-14H3,(H2,94,111)(H2,95,113)(H,97,115)(H,98,112)(H,99,116)(H,100,122)(H,101,120)(H,102,124)(H,103,114)(H,104,117)(H,105,121)(H,106,125)(H,107,126)(H,108,118)(H,109,123)(H,110,119)/t54-,57-,59-,60-,61-,62-,63-,64-,65-,66-,67-,68-,71-,72-,73-/m0/s1. The van der Waals surface area contributed by atoms with Crippen molar-refractivity contribution in [3.63, 3.8) is 0 Å². The summed E-state index contributed by atoms with van der Waals surface area (Å²) in [7, 11) is 0. The van der Waals surface area contributed by atoms with Crippen molar-refractivity contribution in [2.24, 2.45) is 87.3 Å². The van der Waals surface area contributed by atoms with E-state index in [1.807, 2.05) is 52.0 Å².